The van der Waals surface area contributed by atoms with Crippen molar-refractivity contribution >= 4 is 23.9 Å². The number of rotatable bonds is 31. The SMILES string of the molecule is C=C(CC1CCC2OC2C1)C(=O)O.C=C(CCC1CCC2OC2C1)C(=O)O.CCC1(C23CCC(C4CO4)CC2O3)CCCC23OC21O3.CCCCC(CC)COC(=O)C12CCCC(CC3CO3)(CC3CO3)C1(C(=O)OCC(CC)CCCC)O2.OCCCCO. The maximum absolute atomic E-state index is 14.1. The van der Waals surface area contributed by atoms with Gasteiger partial charge in [0, 0.05) is 36.2 Å². The van der Waals surface area contributed by atoms with Crippen molar-refractivity contribution in [2.45, 2.75) is 311 Å². The number of carbonyl (C=O) groups is 4. The molecule has 5 saturated carbocycles. The van der Waals surface area contributed by atoms with E-state index >= 15 is 0 Å². The summed E-state index contributed by atoms with van der Waals surface area (Å²) in [4.78, 5) is 48.9. The number of hydrogen-bond acceptors (Lipinski definition) is 17. The first-order valence-electron chi connectivity index (χ1n) is 35.7. The molecule has 14 fully saturated rings. The highest BCUT2D eigenvalue weighted by atomic mass is 17.0. The third-order valence-corrected chi connectivity index (χ3v) is 23.5. The van der Waals surface area contributed by atoms with E-state index in [0.29, 0.717) is 130 Å². The molecule has 9 aliphatic heterocycles. The first-order valence-corrected chi connectivity index (χ1v) is 35.7. The standard InChI is InChI=1S/C30H50O7.C16H22O4.C11H16O3.C10H14O3.C4H10O2/c1-5-9-12-22(7-3)18-35-26(31)29-15-11-14-28(16-24-20-33-24,17-25-21-34-25)30(29,37-29)27(32)36-19-23(8-4)13-10-6-2;1-2-13(5-3-6-15-16(13,19-15)20-15)14-7-4-10(11-9-17-11)8-12(14)18-14;1-7(11(12)13)2-3-8-4-5-9-10(6-8)14-9;1-6(10(11)12)4-7-2-3-8-9(5-7)13-8;5-3-1-2-4-6/h22-25H,5-21H2,1-4H3;10-12H,2-9H2,1H3;8-10H,1-6H2,(H,12,13);7-9H,1-5H2,(H,11,12);5-6H,1-4H2. The Hall–Kier alpha value is -3.08. The zero-order valence-electron chi connectivity index (χ0n) is 55.2. The van der Waals surface area contributed by atoms with Crippen molar-refractivity contribution in [2.75, 3.05) is 46.2 Å². The monoisotopic (exact) mass is 1270 g/mol. The van der Waals surface area contributed by atoms with E-state index in [9.17, 15) is 19.2 Å². The number of aliphatic carboxylic acids is 2. The van der Waals surface area contributed by atoms with Gasteiger partial charge in [-0.05, 0) is 184 Å². The molecular formula is C71H112O19. The molecule has 0 amide bonds. The molecule has 0 bridgehead atoms. The average Bonchev–Trinajstić information content (AvgIpc) is 1.42. The summed E-state index contributed by atoms with van der Waals surface area (Å²) >= 11 is 0. The van der Waals surface area contributed by atoms with Gasteiger partial charge in [-0.15, -0.1) is 0 Å². The molecule has 4 N–H and O–H groups in total. The van der Waals surface area contributed by atoms with Crippen LogP contribution in [0.1, 0.15) is 234 Å². The number of aliphatic hydroxyl groups is 2. The van der Waals surface area contributed by atoms with Crippen molar-refractivity contribution in [3.05, 3.63) is 24.3 Å². The Morgan fingerprint density at radius 1 is 0.600 bits per heavy atom. The highest BCUT2D eigenvalue weighted by molar-refractivity contribution is 5.99. The molecule has 0 radical (unpaired) electrons. The second-order valence-electron chi connectivity index (χ2n) is 29.4. The number of aliphatic hydroxyl groups excluding tert-OH is 2. The molecule has 14 aliphatic rings. The van der Waals surface area contributed by atoms with Crippen LogP contribution in [-0.2, 0) is 71.3 Å². The molecule has 0 aromatic rings. The predicted molar refractivity (Wildman–Crippen MR) is 332 cm³/mol. The highest BCUT2D eigenvalue weighted by Gasteiger charge is 3.01. The van der Waals surface area contributed by atoms with Crippen molar-refractivity contribution in [3.63, 3.8) is 0 Å². The first kappa shape index (κ1) is 69.7. The van der Waals surface area contributed by atoms with Crippen LogP contribution >= 0.6 is 0 Å². The van der Waals surface area contributed by atoms with Crippen LogP contribution in [0.15, 0.2) is 24.3 Å². The second kappa shape index (κ2) is 29.5. The van der Waals surface area contributed by atoms with E-state index in [4.69, 9.17) is 72.5 Å². The number of carbonyl (C=O) groups excluding carboxylic acids is 2. The minimum atomic E-state index is -1.30. The Labute approximate surface area is 535 Å². The fraction of sp³-hybridized carbons (Fsp3) is 0.887. The Bertz CT molecular complexity index is 2450. The fourth-order valence-electron chi connectivity index (χ4n) is 17.4. The summed E-state index contributed by atoms with van der Waals surface area (Å²) in [5.41, 5.74) is -2.24. The van der Waals surface area contributed by atoms with E-state index in [0.717, 1.165) is 141 Å². The number of ether oxygens (including phenoxy) is 11. The lowest BCUT2D eigenvalue weighted by atomic mass is 9.57. The van der Waals surface area contributed by atoms with Gasteiger partial charge in [0.25, 0.3) is 0 Å². The lowest BCUT2D eigenvalue weighted by Crippen LogP contribution is -2.57. The molecule has 90 heavy (non-hydrogen) atoms. The maximum atomic E-state index is 14.1. The summed E-state index contributed by atoms with van der Waals surface area (Å²) < 4.78 is 64.6. The Morgan fingerprint density at radius 2 is 1.17 bits per heavy atom. The van der Waals surface area contributed by atoms with Gasteiger partial charge in [0.05, 0.1) is 87.3 Å². The van der Waals surface area contributed by atoms with Gasteiger partial charge in [-0.2, -0.15) is 0 Å². The minimum Gasteiger partial charge on any atom is -0.478 e. The molecule has 0 spiro atoms. The van der Waals surface area contributed by atoms with Crippen LogP contribution in [0.25, 0.3) is 0 Å². The van der Waals surface area contributed by atoms with Crippen molar-refractivity contribution < 1.29 is 91.7 Å². The number of carboxylic acid groups (broad SMARTS) is 2. The molecular weight excluding hydrogens is 1160 g/mol. The normalized spacial score (nSPS) is 41.0. The van der Waals surface area contributed by atoms with Gasteiger partial charge in [-0.25, -0.2) is 19.2 Å². The Morgan fingerprint density at radius 3 is 1.68 bits per heavy atom. The summed E-state index contributed by atoms with van der Waals surface area (Å²) in [5, 5.41) is 33.5. The van der Waals surface area contributed by atoms with E-state index in [1.165, 1.54) is 38.5 Å². The van der Waals surface area contributed by atoms with E-state index in [-0.39, 0.29) is 60.0 Å². The summed E-state index contributed by atoms with van der Waals surface area (Å²) in [6.07, 6.45) is 33.7. The Kier molecular flexibility index (Phi) is 22.9. The molecule has 510 valence electrons. The van der Waals surface area contributed by atoms with E-state index in [1.807, 2.05) is 0 Å². The van der Waals surface area contributed by atoms with Crippen LogP contribution in [-0.4, -0.2) is 168 Å². The minimum absolute atomic E-state index is 0.0613. The summed E-state index contributed by atoms with van der Waals surface area (Å²) in [6.45, 7) is 21.5. The molecule has 5 aliphatic carbocycles. The second-order valence-corrected chi connectivity index (χ2v) is 29.4. The topological polar surface area (TPSA) is 280 Å². The number of epoxide rings is 9. The molecule has 19 heteroatoms. The van der Waals surface area contributed by atoms with Crippen molar-refractivity contribution in [1.29, 1.82) is 0 Å². The van der Waals surface area contributed by atoms with Crippen LogP contribution in [0.2, 0.25) is 0 Å². The smallest absolute Gasteiger partial charge is 0.342 e. The molecule has 14 rings (SSSR count). The van der Waals surface area contributed by atoms with Gasteiger partial charge in [-0.1, -0.05) is 86.3 Å². The summed E-state index contributed by atoms with van der Waals surface area (Å²) in [7, 11) is 0. The zero-order chi connectivity index (χ0) is 64.1. The van der Waals surface area contributed by atoms with Crippen LogP contribution in [0.3, 0.4) is 0 Å². The first-order chi connectivity index (χ1) is 43.4. The van der Waals surface area contributed by atoms with Gasteiger partial charge in [0.2, 0.25) is 22.8 Å². The van der Waals surface area contributed by atoms with Crippen molar-refractivity contribution in [3.8, 4) is 0 Å². The maximum Gasteiger partial charge on any atom is 0.342 e. The lowest BCUT2D eigenvalue weighted by molar-refractivity contribution is -0.163. The van der Waals surface area contributed by atoms with Crippen LogP contribution in [0.5, 0.6) is 0 Å². The predicted octanol–water partition coefficient (Wildman–Crippen LogP) is 11.4. The fourth-order valence-corrected chi connectivity index (χ4v) is 17.4. The number of esters is 2. The molecule has 9 saturated heterocycles. The lowest BCUT2D eigenvalue weighted by Gasteiger charge is -2.42. The van der Waals surface area contributed by atoms with Gasteiger partial charge >= 0.3 is 23.9 Å². The van der Waals surface area contributed by atoms with Gasteiger partial charge < -0.3 is 72.5 Å². The van der Waals surface area contributed by atoms with E-state index < -0.39 is 28.6 Å². The van der Waals surface area contributed by atoms with E-state index in [1.54, 1.807) is 0 Å². The summed E-state index contributed by atoms with van der Waals surface area (Å²) in [5.74, 6) is -0.391. The van der Waals surface area contributed by atoms with E-state index in [2.05, 4.69) is 47.8 Å². The quantitative estimate of drug-likeness (QED) is 0.0217. The number of hydrogen-bond donors (Lipinski definition) is 4. The van der Waals surface area contributed by atoms with Gasteiger partial charge in [0.15, 0.2) is 0 Å². The number of fused-ring (bicyclic) bond motifs is 4. The van der Waals surface area contributed by atoms with Gasteiger partial charge in [-0.3, -0.25) is 0 Å². The molecule has 9 heterocycles. The largest absolute Gasteiger partial charge is 0.478 e. The number of carboxylic acids is 2. The molecule has 0 aromatic carbocycles. The third-order valence-electron chi connectivity index (χ3n) is 23.5. The molecule has 17 atom stereocenters. The third kappa shape index (κ3) is 15.1. The summed E-state index contributed by atoms with van der Waals surface area (Å²) in [6, 6.07) is 0. The van der Waals surface area contributed by atoms with Crippen molar-refractivity contribution in [1.82, 2.24) is 0 Å². The molecule has 0 aromatic heterocycles. The van der Waals surface area contributed by atoms with Crippen molar-refractivity contribution in [2.24, 2.45) is 40.4 Å². The van der Waals surface area contributed by atoms with Gasteiger partial charge in [0.1, 0.15) is 5.60 Å². The van der Waals surface area contributed by atoms with Crippen LogP contribution in [0.4, 0.5) is 0 Å². The molecule has 19 nitrogen and oxygen atoms in total. The van der Waals surface area contributed by atoms with Crippen LogP contribution in [0, 0.1) is 40.4 Å². The average molecular weight is 1270 g/mol. The highest BCUT2D eigenvalue weighted by Crippen LogP contribution is 2.86. The molecule has 17 unspecified atom stereocenters. The Balaban J connectivity index is 0.000000140. The zero-order valence-corrected chi connectivity index (χ0v) is 55.2. The van der Waals surface area contributed by atoms with Crippen LogP contribution < -0.4 is 0 Å². The number of unbranched alkanes of at least 4 members (excludes halogenated alkanes) is 3.